The van der Waals surface area contributed by atoms with Crippen LogP contribution in [0, 0.1) is 20.8 Å². The van der Waals surface area contributed by atoms with E-state index in [-0.39, 0.29) is 12.0 Å². The van der Waals surface area contributed by atoms with Crippen LogP contribution >= 0.6 is 34.4 Å². The summed E-state index contributed by atoms with van der Waals surface area (Å²) in [7, 11) is 1.65. The van der Waals surface area contributed by atoms with Crippen molar-refractivity contribution in [3.63, 3.8) is 0 Å². The van der Waals surface area contributed by atoms with Gasteiger partial charge in [-0.2, -0.15) is 16.8 Å². The highest BCUT2D eigenvalue weighted by Gasteiger charge is 2.20. The third kappa shape index (κ3) is 7.65. The summed E-state index contributed by atoms with van der Waals surface area (Å²) < 4.78 is 16.8. The number of rotatable bonds is 13. The fraction of sp³-hybridized carbons (Fsp3) is 0.346. The zero-order valence-corrected chi connectivity index (χ0v) is 24.4. The molecule has 200 valence electrons. The second kappa shape index (κ2) is 13.5. The second-order valence-corrected chi connectivity index (χ2v) is 11.8. The summed E-state index contributed by atoms with van der Waals surface area (Å²) in [5.41, 5.74) is 3.45. The monoisotopic (exact) mass is 570 g/mol. The van der Waals surface area contributed by atoms with Crippen LogP contribution in [0.1, 0.15) is 38.9 Å². The van der Waals surface area contributed by atoms with E-state index in [2.05, 4.69) is 51.5 Å². The van der Waals surface area contributed by atoms with Gasteiger partial charge in [-0.3, -0.25) is 0 Å². The van der Waals surface area contributed by atoms with Crippen LogP contribution in [0.15, 0.2) is 41.4 Å². The Morgan fingerprint density at radius 3 is 2.58 bits per heavy atom. The molecule has 0 fully saturated rings. The Labute approximate surface area is 234 Å². The van der Waals surface area contributed by atoms with Crippen LogP contribution < -0.4 is 19.5 Å². The summed E-state index contributed by atoms with van der Waals surface area (Å²) in [6.45, 7) is 8.51. The largest absolute Gasteiger partial charge is 0.496 e. The van der Waals surface area contributed by atoms with Crippen molar-refractivity contribution >= 4 is 51.1 Å². The van der Waals surface area contributed by atoms with E-state index < -0.39 is 0 Å². The van der Waals surface area contributed by atoms with Gasteiger partial charge in [0.2, 0.25) is 10.3 Å². The highest BCUT2D eigenvalue weighted by atomic mass is 32.2. The van der Waals surface area contributed by atoms with Crippen molar-refractivity contribution < 1.29 is 14.2 Å². The summed E-state index contributed by atoms with van der Waals surface area (Å²) in [6.07, 6.45) is 2.10. The van der Waals surface area contributed by atoms with E-state index in [4.69, 9.17) is 14.2 Å². The van der Waals surface area contributed by atoms with Gasteiger partial charge in [0.25, 0.3) is 0 Å². The molecule has 9 nitrogen and oxygen atoms in total. The number of aliphatic imine (C=N–C) groups is 1. The minimum atomic E-state index is 0.117. The number of aromatic nitrogens is 4. The van der Waals surface area contributed by atoms with Crippen molar-refractivity contribution in [1.29, 1.82) is 0 Å². The van der Waals surface area contributed by atoms with Crippen molar-refractivity contribution in [1.82, 2.24) is 20.4 Å². The molecule has 1 atom stereocenters. The lowest BCUT2D eigenvalue weighted by molar-refractivity contribution is 0.341. The summed E-state index contributed by atoms with van der Waals surface area (Å²) in [5, 5.41) is 23.6. The Balaban J connectivity index is 1.31. The van der Waals surface area contributed by atoms with Crippen molar-refractivity contribution in [3.05, 3.63) is 63.1 Å². The van der Waals surface area contributed by atoms with E-state index >= 15 is 0 Å². The molecule has 0 saturated carbocycles. The highest BCUT2D eigenvalue weighted by molar-refractivity contribution is 7.99. The molecule has 38 heavy (non-hydrogen) atoms. The van der Waals surface area contributed by atoms with Crippen LogP contribution in [0.25, 0.3) is 0 Å². The van der Waals surface area contributed by atoms with Crippen LogP contribution in [0.5, 0.6) is 17.2 Å². The van der Waals surface area contributed by atoms with Crippen molar-refractivity contribution in [3.8, 4) is 17.2 Å². The molecule has 2 heterocycles. The van der Waals surface area contributed by atoms with Crippen LogP contribution in [0.3, 0.4) is 0 Å². The Kier molecular flexibility index (Phi) is 9.91. The molecule has 0 aliphatic rings. The maximum absolute atomic E-state index is 5.80. The number of nitrogens with one attached hydrogen (secondary N) is 1. The molecule has 0 bridgehead atoms. The molecule has 0 amide bonds. The van der Waals surface area contributed by atoms with Crippen LogP contribution in [-0.2, 0) is 6.42 Å². The maximum Gasteiger partial charge on any atom is 0.234 e. The zero-order valence-electron chi connectivity index (χ0n) is 21.9. The lowest BCUT2D eigenvalue weighted by atomic mass is 10.1. The molecule has 0 spiro atoms. The normalized spacial score (nSPS) is 12.0. The van der Waals surface area contributed by atoms with Gasteiger partial charge in [-0.25, -0.2) is 0 Å². The molecule has 2 aromatic heterocycles. The Hall–Kier alpha value is -3.22. The maximum atomic E-state index is 5.80. The smallest absolute Gasteiger partial charge is 0.234 e. The molecule has 4 aromatic rings. The molecule has 1 unspecified atom stereocenters. The first-order chi connectivity index (χ1) is 18.4. The molecule has 0 radical (unpaired) electrons. The van der Waals surface area contributed by atoms with Crippen LogP contribution in [-0.4, -0.2) is 46.4 Å². The number of nitrogens with zero attached hydrogens (tertiary/aromatic N) is 5. The number of hydrogen-bond donors (Lipinski definition) is 1. The summed E-state index contributed by atoms with van der Waals surface area (Å²) in [4.78, 5) is 4.31. The molecule has 0 aliphatic heterocycles. The lowest BCUT2D eigenvalue weighted by Gasteiger charge is -2.10. The van der Waals surface area contributed by atoms with Gasteiger partial charge in [0.05, 0.1) is 12.4 Å². The molecular weight excluding hydrogens is 541 g/mol. The average Bonchev–Trinajstić information content (AvgIpc) is 3.56. The van der Waals surface area contributed by atoms with Crippen molar-refractivity contribution in [2.24, 2.45) is 4.99 Å². The third-order valence-corrected chi connectivity index (χ3v) is 8.70. The fourth-order valence-electron chi connectivity index (χ4n) is 3.38. The Bertz CT molecular complexity index is 1370. The number of aryl methyl sites for hydroxylation is 3. The van der Waals surface area contributed by atoms with Gasteiger partial charge in [0.1, 0.15) is 27.3 Å². The summed E-state index contributed by atoms with van der Waals surface area (Å²) in [5.74, 6) is 3.20. The van der Waals surface area contributed by atoms with Gasteiger partial charge in [-0.1, -0.05) is 41.7 Å². The fourth-order valence-corrected chi connectivity index (χ4v) is 6.13. The quantitative estimate of drug-likeness (QED) is 0.109. The molecule has 0 aliphatic carbocycles. The first-order valence-corrected chi connectivity index (χ1v) is 14.7. The zero-order chi connectivity index (χ0) is 26.9. The van der Waals surface area contributed by atoms with E-state index in [0.29, 0.717) is 16.7 Å². The van der Waals surface area contributed by atoms with Gasteiger partial charge < -0.3 is 19.5 Å². The average molecular weight is 571 g/mol. The summed E-state index contributed by atoms with van der Waals surface area (Å²) in [6, 6.07) is 11.7. The number of benzene rings is 2. The highest BCUT2D eigenvalue weighted by Crippen LogP contribution is 2.36. The standard InChI is InChI=1S/C26H30N6O3S3/c1-6-36-22(13-23-29-31-25(37-23)27-14-34-19-9-7-16(2)18(4)11-19)24-30-32-26(38-24)28-15-35-20-10-8-17(3)21(12-20)33-5/h7-12,14,22H,6,13,15H2,1-5H3,(H,28,32). The van der Waals surface area contributed by atoms with E-state index in [1.807, 2.05) is 43.3 Å². The van der Waals surface area contributed by atoms with Gasteiger partial charge in [-0.05, 0) is 61.4 Å². The van der Waals surface area contributed by atoms with Crippen molar-refractivity contribution in [2.75, 3.05) is 24.9 Å². The Morgan fingerprint density at radius 1 is 0.974 bits per heavy atom. The molecule has 1 N–H and O–H groups in total. The number of ether oxygens (including phenoxy) is 3. The molecule has 4 rings (SSSR count). The van der Waals surface area contributed by atoms with E-state index in [1.165, 1.54) is 40.2 Å². The minimum Gasteiger partial charge on any atom is -0.496 e. The number of methoxy groups -OCH3 is 1. The van der Waals surface area contributed by atoms with E-state index in [1.54, 1.807) is 18.9 Å². The van der Waals surface area contributed by atoms with Gasteiger partial charge >= 0.3 is 0 Å². The lowest BCUT2D eigenvalue weighted by Crippen LogP contribution is -2.08. The SMILES string of the molecule is CCSC(Cc1nnc(N=COc2ccc(C)c(C)c2)s1)c1nnc(NCOc2ccc(C)c(OC)c2)s1. The van der Waals surface area contributed by atoms with Crippen molar-refractivity contribution in [2.45, 2.75) is 39.4 Å². The first kappa shape index (κ1) is 27.8. The van der Waals surface area contributed by atoms with Crippen LogP contribution in [0.2, 0.25) is 0 Å². The molecule has 2 aromatic carbocycles. The van der Waals surface area contributed by atoms with Gasteiger partial charge in [-0.15, -0.1) is 20.4 Å². The third-order valence-electron chi connectivity index (χ3n) is 5.57. The Morgan fingerprint density at radius 2 is 1.79 bits per heavy atom. The van der Waals surface area contributed by atoms with Gasteiger partial charge in [0.15, 0.2) is 13.1 Å². The second-order valence-electron chi connectivity index (χ2n) is 8.27. The topological polar surface area (TPSA) is 104 Å². The number of anilines is 1. The minimum absolute atomic E-state index is 0.117. The predicted molar refractivity (Wildman–Crippen MR) is 156 cm³/mol. The molecule has 12 heteroatoms. The van der Waals surface area contributed by atoms with E-state index in [0.717, 1.165) is 38.6 Å². The number of thioether (sulfide) groups is 1. The predicted octanol–water partition coefficient (Wildman–Crippen LogP) is 6.55. The number of hydrogen-bond acceptors (Lipinski definition) is 12. The molecule has 0 saturated heterocycles. The first-order valence-electron chi connectivity index (χ1n) is 12.0. The summed E-state index contributed by atoms with van der Waals surface area (Å²) >= 11 is 4.76. The van der Waals surface area contributed by atoms with E-state index in [9.17, 15) is 0 Å². The van der Waals surface area contributed by atoms with Crippen LogP contribution in [0.4, 0.5) is 10.3 Å². The van der Waals surface area contributed by atoms with Gasteiger partial charge in [0, 0.05) is 12.5 Å². The molecular formula is C26H30N6O3S3.